The molecule has 0 bridgehead atoms. The van der Waals surface area contributed by atoms with Crippen LogP contribution >= 0.6 is 0 Å². The summed E-state index contributed by atoms with van der Waals surface area (Å²) in [6.07, 6.45) is 93.4. The molecule has 0 saturated heterocycles. The Morgan fingerprint density at radius 3 is 0.762 bits per heavy atom. The first kappa shape index (κ1) is 75.8. The van der Waals surface area contributed by atoms with E-state index in [0.717, 1.165) is 135 Å². The van der Waals surface area contributed by atoms with Crippen LogP contribution in [0.2, 0.25) is 0 Å². The number of esters is 3. The maximum atomic E-state index is 12.9. The van der Waals surface area contributed by atoms with E-state index in [1.807, 2.05) is 0 Å². The molecule has 0 fully saturated rings. The highest BCUT2D eigenvalue weighted by molar-refractivity contribution is 5.71. The zero-order chi connectivity index (χ0) is 57.8. The first-order valence-electron chi connectivity index (χ1n) is 33.5. The molecule has 6 heteroatoms. The van der Waals surface area contributed by atoms with Crippen LogP contribution in [0, 0.1) is 0 Å². The highest BCUT2D eigenvalue weighted by Gasteiger charge is 2.19. The van der Waals surface area contributed by atoms with E-state index in [2.05, 4.69) is 142 Å². The smallest absolute Gasteiger partial charge is 0.306 e. The third-order valence-electron chi connectivity index (χ3n) is 14.2. The molecule has 0 aromatic rings. The molecule has 80 heavy (non-hydrogen) atoms. The summed E-state index contributed by atoms with van der Waals surface area (Å²) in [5.41, 5.74) is 0. The molecule has 0 heterocycles. The van der Waals surface area contributed by atoms with E-state index in [-0.39, 0.29) is 31.1 Å². The molecular formula is C74H124O6. The quantitative estimate of drug-likeness (QED) is 0.0261. The lowest BCUT2D eigenvalue weighted by Gasteiger charge is -2.18. The average molecular weight is 1110 g/mol. The van der Waals surface area contributed by atoms with Crippen LogP contribution in [0.15, 0.2) is 122 Å². The van der Waals surface area contributed by atoms with E-state index >= 15 is 0 Å². The normalized spacial score (nSPS) is 12.9. The fraction of sp³-hybridized carbons (Fsp3) is 0.689. The first-order chi connectivity index (χ1) is 39.5. The number of carbonyl (C=O) groups excluding carboxylic acids is 3. The van der Waals surface area contributed by atoms with E-state index in [0.29, 0.717) is 19.3 Å². The molecule has 0 spiro atoms. The molecular weight excluding hydrogens is 985 g/mol. The fourth-order valence-corrected chi connectivity index (χ4v) is 9.26. The molecule has 0 radical (unpaired) electrons. The van der Waals surface area contributed by atoms with Crippen molar-refractivity contribution in [1.82, 2.24) is 0 Å². The molecule has 0 aromatic heterocycles. The van der Waals surface area contributed by atoms with Crippen LogP contribution in [-0.4, -0.2) is 37.2 Å². The van der Waals surface area contributed by atoms with Crippen molar-refractivity contribution in [2.45, 2.75) is 316 Å². The Balaban J connectivity index is 4.38. The summed E-state index contributed by atoms with van der Waals surface area (Å²) in [5.74, 6) is -0.892. The third-order valence-corrected chi connectivity index (χ3v) is 14.2. The summed E-state index contributed by atoms with van der Waals surface area (Å²) in [4.78, 5) is 38.4. The Hall–Kier alpha value is -4.19. The maximum Gasteiger partial charge on any atom is 0.306 e. The van der Waals surface area contributed by atoms with E-state index in [1.54, 1.807) is 0 Å². The van der Waals surface area contributed by atoms with Gasteiger partial charge in [0.15, 0.2) is 6.10 Å². The van der Waals surface area contributed by atoms with Crippen molar-refractivity contribution in [3.63, 3.8) is 0 Å². The SMILES string of the molecule is CC/C=C\C/C=C\C/C=C\C/C=C\C/C=C\CCCCCCCCCCCC(=O)OCC(COC(=O)CCCCCCCCCCCCCCCC)OC(=O)CCCCCCCCC/C=C\C/C=C\C/C=C\C/C=C\C/C=C\CC. The van der Waals surface area contributed by atoms with Gasteiger partial charge in [-0.3, -0.25) is 14.4 Å². The molecule has 456 valence electrons. The van der Waals surface area contributed by atoms with Gasteiger partial charge in [-0.25, -0.2) is 0 Å². The number of ether oxygens (including phenoxy) is 3. The third kappa shape index (κ3) is 64.6. The van der Waals surface area contributed by atoms with Crippen LogP contribution in [0.1, 0.15) is 310 Å². The summed E-state index contributed by atoms with van der Waals surface area (Å²) in [7, 11) is 0. The van der Waals surface area contributed by atoms with Gasteiger partial charge in [-0.05, 0) is 109 Å². The van der Waals surface area contributed by atoms with Gasteiger partial charge in [0.2, 0.25) is 0 Å². The summed E-state index contributed by atoms with van der Waals surface area (Å²) in [6, 6.07) is 0. The molecule has 0 aliphatic carbocycles. The minimum Gasteiger partial charge on any atom is -0.462 e. The second-order valence-corrected chi connectivity index (χ2v) is 22.0. The van der Waals surface area contributed by atoms with E-state index in [1.165, 1.54) is 135 Å². The molecule has 0 aliphatic rings. The topological polar surface area (TPSA) is 78.9 Å². The second kappa shape index (κ2) is 67.3. The lowest BCUT2D eigenvalue weighted by atomic mass is 10.0. The summed E-state index contributed by atoms with van der Waals surface area (Å²) in [5, 5.41) is 0. The highest BCUT2D eigenvalue weighted by atomic mass is 16.6. The van der Waals surface area contributed by atoms with E-state index in [4.69, 9.17) is 14.2 Å². The van der Waals surface area contributed by atoms with Crippen LogP contribution in [0.25, 0.3) is 0 Å². The van der Waals surface area contributed by atoms with Gasteiger partial charge in [0.05, 0.1) is 0 Å². The standard InChI is InChI=1S/C74H124O6/c1-4-7-10-13-16-19-22-25-28-30-32-34-36-37-39-40-42-44-46-49-52-55-58-61-64-67-73(76)79-70-71(69-78-72(75)66-63-60-57-54-51-48-27-24-21-18-15-12-9-6-3)80-74(77)68-65-62-59-56-53-50-47-45-43-41-38-35-33-31-29-26-23-20-17-14-11-8-5-2/h7-8,10-11,16-17,19-20,25-26,28-29,32-35,37,39,41,43,71H,4-6,9,12-15,18,21-24,27,30-31,36,38,40,42,44-70H2,1-3H3/b10-7-,11-8-,19-16-,20-17-,28-25-,29-26-,34-32-,35-33-,39-37-,43-41-. The van der Waals surface area contributed by atoms with E-state index in [9.17, 15) is 14.4 Å². The van der Waals surface area contributed by atoms with Crippen molar-refractivity contribution in [1.29, 1.82) is 0 Å². The molecule has 0 N–H and O–H groups in total. The Kier molecular flexibility index (Phi) is 63.8. The largest absolute Gasteiger partial charge is 0.462 e. The Morgan fingerprint density at radius 2 is 0.487 bits per heavy atom. The van der Waals surface area contributed by atoms with Gasteiger partial charge in [-0.15, -0.1) is 0 Å². The zero-order valence-corrected chi connectivity index (χ0v) is 52.3. The van der Waals surface area contributed by atoms with Gasteiger partial charge in [0, 0.05) is 19.3 Å². The van der Waals surface area contributed by atoms with Gasteiger partial charge in [0.1, 0.15) is 13.2 Å². The maximum absolute atomic E-state index is 12.9. The monoisotopic (exact) mass is 1110 g/mol. The van der Waals surface area contributed by atoms with Crippen molar-refractivity contribution in [2.75, 3.05) is 13.2 Å². The summed E-state index contributed by atoms with van der Waals surface area (Å²) < 4.78 is 17.0. The first-order valence-corrected chi connectivity index (χ1v) is 33.5. The Bertz CT molecular complexity index is 1650. The lowest BCUT2D eigenvalue weighted by Crippen LogP contribution is -2.30. The van der Waals surface area contributed by atoms with Crippen molar-refractivity contribution in [3.05, 3.63) is 122 Å². The predicted octanol–water partition coefficient (Wildman–Crippen LogP) is 23.2. The number of hydrogen-bond acceptors (Lipinski definition) is 6. The second-order valence-electron chi connectivity index (χ2n) is 22.0. The average Bonchev–Trinajstić information content (AvgIpc) is 3.46. The van der Waals surface area contributed by atoms with Crippen LogP contribution in [0.3, 0.4) is 0 Å². The molecule has 1 unspecified atom stereocenters. The van der Waals surface area contributed by atoms with Crippen LogP contribution in [-0.2, 0) is 28.6 Å². The molecule has 0 aliphatic heterocycles. The van der Waals surface area contributed by atoms with Gasteiger partial charge in [-0.1, -0.05) is 303 Å². The highest BCUT2D eigenvalue weighted by Crippen LogP contribution is 2.16. The number of carbonyl (C=O) groups is 3. The van der Waals surface area contributed by atoms with Gasteiger partial charge in [0.25, 0.3) is 0 Å². The number of unbranched alkanes of at least 4 members (excludes halogenated alkanes) is 29. The van der Waals surface area contributed by atoms with Crippen molar-refractivity contribution in [2.24, 2.45) is 0 Å². The number of allylic oxidation sites excluding steroid dienone is 20. The summed E-state index contributed by atoms with van der Waals surface area (Å²) >= 11 is 0. The molecule has 0 amide bonds. The fourth-order valence-electron chi connectivity index (χ4n) is 9.26. The minimum absolute atomic E-state index is 0.0839. The molecule has 1 atom stereocenters. The zero-order valence-electron chi connectivity index (χ0n) is 52.3. The number of rotatable bonds is 60. The van der Waals surface area contributed by atoms with E-state index < -0.39 is 6.10 Å². The summed E-state index contributed by atoms with van der Waals surface area (Å²) in [6.45, 7) is 6.43. The van der Waals surface area contributed by atoms with Gasteiger partial charge >= 0.3 is 17.9 Å². The van der Waals surface area contributed by atoms with Crippen molar-refractivity contribution >= 4 is 17.9 Å². The Morgan fingerprint density at radius 1 is 0.263 bits per heavy atom. The molecule has 0 saturated carbocycles. The minimum atomic E-state index is -0.790. The van der Waals surface area contributed by atoms with Crippen molar-refractivity contribution < 1.29 is 28.6 Å². The van der Waals surface area contributed by atoms with Gasteiger partial charge < -0.3 is 14.2 Å². The number of hydrogen-bond donors (Lipinski definition) is 0. The van der Waals surface area contributed by atoms with Crippen molar-refractivity contribution in [3.8, 4) is 0 Å². The predicted molar refractivity (Wildman–Crippen MR) is 348 cm³/mol. The Labute approximate surface area is 494 Å². The van der Waals surface area contributed by atoms with Crippen LogP contribution in [0.4, 0.5) is 0 Å². The molecule has 0 aromatic carbocycles. The van der Waals surface area contributed by atoms with Crippen LogP contribution < -0.4 is 0 Å². The molecule has 6 nitrogen and oxygen atoms in total. The van der Waals surface area contributed by atoms with Crippen LogP contribution in [0.5, 0.6) is 0 Å². The molecule has 0 rings (SSSR count). The van der Waals surface area contributed by atoms with Gasteiger partial charge in [-0.2, -0.15) is 0 Å². The lowest BCUT2D eigenvalue weighted by molar-refractivity contribution is -0.167.